The molecule has 1 N–H and O–H groups in total. The van der Waals surface area contributed by atoms with Gasteiger partial charge in [0.1, 0.15) is 0 Å². The van der Waals surface area contributed by atoms with E-state index in [1.807, 2.05) is 42.5 Å². The zero-order chi connectivity index (χ0) is 19.3. The summed E-state index contributed by atoms with van der Waals surface area (Å²) in [5.74, 6) is -0.428. The fraction of sp³-hybridized carbons (Fsp3) is 0.400. The molecule has 3 rings (SSSR count). The zero-order valence-corrected chi connectivity index (χ0v) is 16.3. The lowest BCUT2D eigenvalue weighted by Crippen LogP contribution is -2.45. The molecule has 7 heteroatoms. The smallest absolute Gasteiger partial charge is 0.255 e. The van der Waals surface area contributed by atoms with Crippen molar-refractivity contribution in [3.05, 3.63) is 48.0 Å². The van der Waals surface area contributed by atoms with E-state index in [0.717, 1.165) is 54.7 Å². The zero-order valence-electron chi connectivity index (χ0n) is 15.5. The van der Waals surface area contributed by atoms with Gasteiger partial charge in [0.05, 0.1) is 19.0 Å². The minimum absolute atomic E-state index is 0.0958. The molecule has 1 aliphatic rings. The third kappa shape index (κ3) is 5.14. The van der Waals surface area contributed by atoms with E-state index in [2.05, 4.69) is 10.5 Å². The Morgan fingerprint density at radius 1 is 1.15 bits per heavy atom. The highest BCUT2D eigenvalue weighted by atomic mass is 32.2. The number of sulfonamides is 1. The van der Waals surface area contributed by atoms with Gasteiger partial charge in [0.15, 0.2) is 0 Å². The van der Waals surface area contributed by atoms with Crippen LogP contribution in [0.25, 0.3) is 10.8 Å². The van der Waals surface area contributed by atoms with Crippen molar-refractivity contribution >= 4 is 32.9 Å². The van der Waals surface area contributed by atoms with Crippen LogP contribution < -0.4 is 5.43 Å². The number of hydrazone groups is 1. The molecule has 0 atom stereocenters. The molecule has 1 aliphatic carbocycles. The molecule has 1 saturated carbocycles. The minimum atomic E-state index is -3.44. The van der Waals surface area contributed by atoms with Crippen molar-refractivity contribution in [3.8, 4) is 0 Å². The first-order chi connectivity index (χ1) is 12.9. The van der Waals surface area contributed by atoms with Gasteiger partial charge in [0.2, 0.25) is 10.0 Å². The molecule has 0 bridgehead atoms. The lowest BCUT2D eigenvalue weighted by molar-refractivity contribution is -0.121. The van der Waals surface area contributed by atoms with Crippen molar-refractivity contribution in [1.82, 2.24) is 9.73 Å². The van der Waals surface area contributed by atoms with E-state index >= 15 is 0 Å². The van der Waals surface area contributed by atoms with Crippen LogP contribution in [0.5, 0.6) is 0 Å². The molecule has 144 valence electrons. The summed E-state index contributed by atoms with van der Waals surface area (Å²) in [4.78, 5) is 12.3. The highest BCUT2D eigenvalue weighted by Gasteiger charge is 2.29. The first-order valence-corrected chi connectivity index (χ1v) is 11.1. The average Bonchev–Trinajstić information content (AvgIpc) is 2.66. The molecule has 0 saturated heterocycles. The standard InChI is InChI=1S/C20H25N3O3S/c1-27(25,26)23(18-11-3-2-4-12-18)15-20(24)22-21-14-17-10-7-9-16-8-5-6-13-19(16)17/h5-10,13-14,18H,2-4,11-12,15H2,1H3,(H,22,24)/b21-14+. The predicted octanol–water partition coefficient (Wildman–Crippen LogP) is 2.88. The Kier molecular flexibility index (Phi) is 6.23. The number of rotatable bonds is 6. The quantitative estimate of drug-likeness (QED) is 0.611. The van der Waals surface area contributed by atoms with Gasteiger partial charge in [-0.05, 0) is 23.6 Å². The van der Waals surface area contributed by atoms with E-state index in [1.165, 1.54) is 4.31 Å². The monoisotopic (exact) mass is 387 g/mol. The molecule has 1 amide bonds. The van der Waals surface area contributed by atoms with E-state index in [0.29, 0.717) is 0 Å². The fourth-order valence-corrected chi connectivity index (χ4v) is 4.70. The molecule has 0 aliphatic heterocycles. The van der Waals surface area contributed by atoms with E-state index in [4.69, 9.17) is 0 Å². The third-order valence-electron chi connectivity index (χ3n) is 4.92. The Bertz CT molecular complexity index is 929. The first-order valence-electron chi connectivity index (χ1n) is 9.21. The molecule has 0 unspecified atom stereocenters. The van der Waals surface area contributed by atoms with Gasteiger partial charge >= 0.3 is 0 Å². The van der Waals surface area contributed by atoms with Crippen LogP contribution in [0.4, 0.5) is 0 Å². The predicted molar refractivity (Wildman–Crippen MR) is 108 cm³/mol. The number of hydrogen-bond acceptors (Lipinski definition) is 4. The van der Waals surface area contributed by atoms with Crippen molar-refractivity contribution < 1.29 is 13.2 Å². The normalized spacial score (nSPS) is 16.2. The number of carbonyl (C=O) groups excluding carboxylic acids is 1. The molecule has 0 radical (unpaired) electrons. The summed E-state index contributed by atoms with van der Waals surface area (Å²) in [6, 6.07) is 13.7. The Morgan fingerprint density at radius 3 is 2.59 bits per heavy atom. The number of hydrogen-bond donors (Lipinski definition) is 1. The molecular formula is C20H25N3O3S. The van der Waals surface area contributed by atoms with E-state index in [9.17, 15) is 13.2 Å². The van der Waals surface area contributed by atoms with Crippen LogP contribution in [-0.2, 0) is 14.8 Å². The summed E-state index contributed by atoms with van der Waals surface area (Å²) in [5, 5.41) is 6.16. The van der Waals surface area contributed by atoms with E-state index in [1.54, 1.807) is 6.21 Å². The molecule has 6 nitrogen and oxygen atoms in total. The number of nitrogens with zero attached hydrogens (tertiary/aromatic N) is 2. The van der Waals surface area contributed by atoms with Gasteiger partial charge in [-0.25, -0.2) is 13.8 Å². The van der Waals surface area contributed by atoms with Crippen molar-refractivity contribution in [1.29, 1.82) is 0 Å². The van der Waals surface area contributed by atoms with Crippen LogP contribution >= 0.6 is 0 Å². The van der Waals surface area contributed by atoms with E-state index in [-0.39, 0.29) is 12.6 Å². The Balaban J connectivity index is 1.66. The largest absolute Gasteiger partial charge is 0.272 e. The topological polar surface area (TPSA) is 78.8 Å². The lowest BCUT2D eigenvalue weighted by atomic mass is 9.95. The highest BCUT2D eigenvalue weighted by Crippen LogP contribution is 2.24. The number of fused-ring (bicyclic) bond motifs is 1. The number of nitrogens with one attached hydrogen (secondary N) is 1. The number of carbonyl (C=O) groups is 1. The van der Waals surface area contributed by atoms with Crippen LogP contribution in [0.2, 0.25) is 0 Å². The fourth-order valence-electron chi connectivity index (χ4n) is 3.60. The summed E-state index contributed by atoms with van der Waals surface area (Å²) in [5.41, 5.74) is 3.35. The Hall–Kier alpha value is -2.25. The molecule has 27 heavy (non-hydrogen) atoms. The second-order valence-corrected chi connectivity index (χ2v) is 8.90. The van der Waals surface area contributed by atoms with Crippen LogP contribution in [-0.4, -0.2) is 43.7 Å². The van der Waals surface area contributed by atoms with Gasteiger partial charge in [-0.1, -0.05) is 61.7 Å². The maximum atomic E-state index is 12.3. The van der Waals surface area contributed by atoms with Crippen molar-refractivity contribution in [2.75, 3.05) is 12.8 Å². The average molecular weight is 388 g/mol. The van der Waals surface area contributed by atoms with Crippen molar-refractivity contribution in [2.24, 2.45) is 5.10 Å². The minimum Gasteiger partial charge on any atom is -0.272 e. The van der Waals surface area contributed by atoms with Crippen LogP contribution in [0, 0.1) is 0 Å². The van der Waals surface area contributed by atoms with Gasteiger partial charge in [0, 0.05) is 11.6 Å². The first kappa shape index (κ1) is 19.5. The summed E-state index contributed by atoms with van der Waals surface area (Å²) < 4.78 is 25.5. The molecule has 2 aromatic carbocycles. The van der Waals surface area contributed by atoms with Crippen molar-refractivity contribution in [3.63, 3.8) is 0 Å². The molecule has 2 aromatic rings. The van der Waals surface area contributed by atoms with Crippen LogP contribution in [0.3, 0.4) is 0 Å². The SMILES string of the molecule is CS(=O)(=O)N(CC(=O)N/N=C/c1cccc2ccccc12)C1CCCCC1. The van der Waals surface area contributed by atoms with Crippen molar-refractivity contribution in [2.45, 2.75) is 38.1 Å². The summed E-state index contributed by atoms with van der Waals surface area (Å²) in [7, 11) is -3.44. The second-order valence-electron chi connectivity index (χ2n) is 6.96. The Labute approximate surface area is 160 Å². The molecule has 0 spiro atoms. The molecule has 0 aromatic heterocycles. The van der Waals surface area contributed by atoms with Gasteiger partial charge in [0.25, 0.3) is 5.91 Å². The maximum absolute atomic E-state index is 12.3. The second kappa shape index (κ2) is 8.63. The molecule has 0 heterocycles. The van der Waals surface area contributed by atoms with Crippen LogP contribution in [0.1, 0.15) is 37.7 Å². The van der Waals surface area contributed by atoms with Gasteiger partial charge in [-0.15, -0.1) is 0 Å². The summed E-state index contributed by atoms with van der Waals surface area (Å²) in [6.45, 7) is -0.198. The van der Waals surface area contributed by atoms with E-state index < -0.39 is 15.9 Å². The highest BCUT2D eigenvalue weighted by molar-refractivity contribution is 7.88. The van der Waals surface area contributed by atoms with Gasteiger partial charge in [-0.2, -0.15) is 9.41 Å². The maximum Gasteiger partial charge on any atom is 0.255 e. The lowest BCUT2D eigenvalue weighted by Gasteiger charge is -2.31. The number of benzene rings is 2. The summed E-state index contributed by atoms with van der Waals surface area (Å²) >= 11 is 0. The van der Waals surface area contributed by atoms with Gasteiger partial charge in [-0.3, -0.25) is 4.79 Å². The molecular weight excluding hydrogens is 362 g/mol. The Morgan fingerprint density at radius 2 is 1.85 bits per heavy atom. The molecule has 1 fully saturated rings. The van der Waals surface area contributed by atoms with Gasteiger partial charge < -0.3 is 0 Å². The number of amides is 1. The van der Waals surface area contributed by atoms with Crippen LogP contribution in [0.15, 0.2) is 47.6 Å². The summed E-state index contributed by atoms with van der Waals surface area (Å²) in [6.07, 6.45) is 7.48. The third-order valence-corrected chi connectivity index (χ3v) is 6.20.